The van der Waals surface area contributed by atoms with Crippen molar-refractivity contribution in [1.29, 1.82) is 0 Å². The number of nitrogens with zero attached hydrogens (tertiary/aromatic N) is 3. The fourth-order valence-corrected chi connectivity index (χ4v) is 1.52. The fraction of sp³-hybridized carbons (Fsp3) is 0.333. The second-order valence-corrected chi connectivity index (χ2v) is 3.92. The van der Waals surface area contributed by atoms with Crippen molar-refractivity contribution in [3.8, 4) is 5.69 Å². The highest BCUT2D eigenvalue weighted by molar-refractivity contribution is 5.30. The molecular formula is C12H16N4. The van der Waals surface area contributed by atoms with Crippen LogP contribution in [-0.4, -0.2) is 14.8 Å². The Balaban J connectivity index is 2.25. The van der Waals surface area contributed by atoms with Crippen molar-refractivity contribution in [1.82, 2.24) is 14.8 Å². The van der Waals surface area contributed by atoms with Gasteiger partial charge in [0.25, 0.3) is 0 Å². The average Bonchev–Trinajstić information content (AvgIpc) is 2.75. The van der Waals surface area contributed by atoms with Crippen molar-refractivity contribution in [2.24, 2.45) is 5.73 Å². The minimum Gasteiger partial charge on any atom is -0.323 e. The number of pyridine rings is 1. The molecule has 2 aromatic heterocycles. The SMILES string of the molecule is CC[C@@H](N)c1ccc(-n2cc(C)cn2)cn1. The van der Waals surface area contributed by atoms with E-state index in [2.05, 4.69) is 17.0 Å². The van der Waals surface area contributed by atoms with E-state index < -0.39 is 0 Å². The molecule has 0 aliphatic carbocycles. The molecule has 0 aromatic carbocycles. The Hall–Kier alpha value is -1.68. The molecule has 84 valence electrons. The van der Waals surface area contributed by atoms with E-state index in [9.17, 15) is 0 Å². The molecule has 2 aromatic rings. The lowest BCUT2D eigenvalue weighted by atomic mass is 10.1. The van der Waals surface area contributed by atoms with E-state index in [1.807, 2.05) is 36.1 Å². The first-order valence-corrected chi connectivity index (χ1v) is 5.44. The molecule has 2 heterocycles. The van der Waals surface area contributed by atoms with Gasteiger partial charge in [0.15, 0.2) is 0 Å². The Morgan fingerprint density at radius 3 is 2.69 bits per heavy atom. The van der Waals surface area contributed by atoms with Crippen LogP contribution < -0.4 is 5.73 Å². The summed E-state index contributed by atoms with van der Waals surface area (Å²) in [5.74, 6) is 0. The minimum absolute atomic E-state index is 0.0217. The van der Waals surface area contributed by atoms with Crippen LogP contribution in [0.15, 0.2) is 30.7 Å². The number of nitrogens with two attached hydrogens (primary N) is 1. The van der Waals surface area contributed by atoms with Crippen LogP contribution in [0.2, 0.25) is 0 Å². The number of rotatable bonds is 3. The van der Waals surface area contributed by atoms with Gasteiger partial charge in [0, 0.05) is 12.2 Å². The van der Waals surface area contributed by atoms with Gasteiger partial charge in [0.2, 0.25) is 0 Å². The molecule has 0 saturated carbocycles. The molecule has 1 atom stereocenters. The summed E-state index contributed by atoms with van der Waals surface area (Å²) in [6, 6.07) is 3.97. The molecule has 16 heavy (non-hydrogen) atoms. The molecule has 0 amide bonds. The molecule has 0 saturated heterocycles. The summed E-state index contributed by atoms with van der Waals surface area (Å²) in [7, 11) is 0. The normalized spacial score (nSPS) is 12.7. The van der Waals surface area contributed by atoms with E-state index in [4.69, 9.17) is 5.73 Å². The average molecular weight is 216 g/mol. The van der Waals surface area contributed by atoms with Crippen molar-refractivity contribution in [3.05, 3.63) is 42.0 Å². The second kappa shape index (κ2) is 4.45. The van der Waals surface area contributed by atoms with Crippen LogP contribution in [0, 0.1) is 6.92 Å². The van der Waals surface area contributed by atoms with Crippen LogP contribution in [0.3, 0.4) is 0 Å². The zero-order chi connectivity index (χ0) is 11.5. The highest BCUT2D eigenvalue weighted by Gasteiger charge is 2.05. The zero-order valence-corrected chi connectivity index (χ0v) is 9.59. The van der Waals surface area contributed by atoms with Crippen molar-refractivity contribution >= 4 is 0 Å². The summed E-state index contributed by atoms with van der Waals surface area (Å²) in [6.07, 6.45) is 6.49. The quantitative estimate of drug-likeness (QED) is 0.853. The van der Waals surface area contributed by atoms with Gasteiger partial charge in [-0.15, -0.1) is 0 Å². The van der Waals surface area contributed by atoms with Gasteiger partial charge in [-0.05, 0) is 31.0 Å². The van der Waals surface area contributed by atoms with E-state index >= 15 is 0 Å². The predicted octanol–water partition coefficient (Wildman–Crippen LogP) is 1.99. The maximum Gasteiger partial charge on any atom is 0.0829 e. The summed E-state index contributed by atoms with van der Waals surface area (Å²) in [5.41, 5.74) is 8.92. The van der Waals surface area contributed by atoms with Gasteiger partial charge in [-0.1, -0.05) is 6.92 Å². The third-order valence-corrected chi connectivity index (χ3v) is 2.57. The van der Waals surface area contributed by atoms with Crippen molar-refractivity contribution in [3.63, 3.8) is 0 Å². The first-order chi connectivity index (χ1) is 7.70. The Morgan fingerprint density at radius 2 is 2.19 bits per heavy atom. The molecule has 0 radical (unpaired) electrons. The summed E-state index contributed by atoms with van der Waals surface area (Å²) in [4.78, 5) is 4.35. The maximum atomic E-state index is 5.90. The Bertz CT molecular complexity index is 458. The number of aryl methyl sites for hydroxylation is 1. The fourth-order valence-electron chi connectivity index (χ4n) is 1.52. The second-order valence-electron chi connectivity index (χ2n) is 3.92. The summed E-state index contributed by atoms with van der Waals surface area (Å²) >= 11 is 0. The van der Waals surface area contributed by atoms with Crippen LogP contribution in [0.5, 0.6) is 0 Å². The molecular weight excluding hydrogens is 200 g/mol. The minimum atomic E-state index is 0.0217. The molecule has 0 bridgehead atoms. The number of aromatic nitrogens is 3. The molecule has 0 aliphatic heterocycles. The van der Waals surface area contributed by atoms with Gasteiger partial charge in [0.05, 0.1) is 23.8 Å². The number of hydrogen-bond acceptors (Lipinski definition) is 3. The molecule has 0 spiro atoms. The highest BCUT2D eigenvalue weighted by atomic mass is 15.3. The largest absolute Gasteiger partial charge is 0.323 e. The molecule has 0 aliphatic rings. The lowest BCUT2D eigenvalue weighted by Crippen LogP contribution is -2.10. The molecule has 0 fully saturated rings. The lowest BCUT2D eigenvalue weighted by Gasteiger charge is -2.08. The first kappa shape index (κ1) is 10.8. The predicted molar refractivity (Wildman–Crippen MR) is 63.3 cm³/mol. The first-order valence-electron chi connectivity index (χ1n) is 5.44. The van der Waals surface area contributed by atoms with E-state index in [0.717, 1.165) is 23.4 Å². The van der Waals surface area contributed by atoms with Crippen LogP contribution >= 0.6 is 0 Å². The Kier molecular flexibility index (Phi) is 3.01. The van der Waals surface area contributed by atoms with Crippen LogP contribution in [0.1, 0.15) is 30.6 Å². The van der Waals surface area contributed by atoms with Gasteiger partial charge in [-0.3, -0.25) is 4.98 Å². The van der Waals surface area contributed by atoms with Gasteiger partial charge in [-0.2, -0.15) is 5.10 Å². The van der Waals surface area contributed by atoms with E-state index in [1.54, 1.807) is 6.20 Å². The molecule has 0 unspecified atom stereocenters. The van der Waals surface area contributed by atoms with Crippen LogP contribution in [-0.2, 0) is 0 Å². The summed E-state index contributed by atoms with van der Waals surface area (Å²) in [5, 5.41) is 4.23. The number of hydrogen-bond donors (Lipinski definition) is 1. The van der Waals surface area contributed by atoms with Gasteiger partial charge >= 0.3 is 0 Å². The van der Waals surface area contributed by atoms with Gasteiger partial charge < -0.3 is 5.73 Å². The van der Waals surface area contributed by atoms with Gasteiger partial charge in [0.1, 0.15) is 0 Å². The molecule has 4 heteroatoms. The monoisotopic (exact) mass is 216 g/mol. The maximum absolute atomic E-state index is 5.90. The van der Waals surface area contributed by atoms with Crippen molar-refractivity contribution in [2.45, 2.75) is 26.3 Å². The standard InChI is InChI=1S/C12H16N4/c1-3-11(13)12-5-4-10(7-14-12)16-8-9(2)6-15-16/h4-8,11H,3,13H2,1-2H3/t11-/m1/s1. The smallest absolute Gasteiger partial charge is 0.0829 e. The van der Waals surface area contributed by atoms with Crippen molar-refractivity contribution < 1.29 is 0 Å². The Labute approximate surface area is 95.1 Å². The summed E-state index contributed by atoms with van der Waals surface area (Å²) < 4.78 is 1.81. The highest BCUT2D eigenvalue weighted by Crippen LogP contribution is 2.13. The summed E-state index contributed by atoms with van der Waals surface area (Å²) in [6.45, 7) is 4.06. The Morgan fingerprint density at radius 1 is 1.38 bits per heavy atom. The van der Waals surface area contributed by atoms with E-state index in [-0.39, 0.29) is 6.04 Å². The molecule has 4 nitrogen and oxygen atoms in total. The lowest BCUT2D eigenvalue weighted by molar-refractivity contribution is 0.674. The van der Waals surface area contributed by atoms with Crippen molar-refractivity contribution in [2.75, 3.05) is 0 Å². The topological polar surface area (TPSA) is 56.7 Å². The molecule has 2 N–H and O–H groups in total. The third kappa shape index (κ3) is 2.12. The molecule has 2 rings (SSSR count). The van der Waals surface area contributed by atoms with Crippen LogP contribution in [0.25, 0.3) is 5.69 Å². The third-order valence-electron chi connectivity index (χ3n) is 2.57. The van der Waals surface area contributed by atoms with E-state index in [1.165, 1.54) is 0 Å². The van der Waals surface area contributed by atoms with Gasteiger partial charge in [-0.25, -0.2) is 4.68 Å². The van der Waals surface area contributed by atoms with Crippen LogP contribution in [0.4, 0.5) is 0 Å². The van der Waals surface area contributed by atoms with E-state index in [0.29, 0.717) is 0 Å². The zero-order valence-electron chi connectivity index (χ0n) is 9.59.